The SMILES string of the molecule is COc1cccc(CC(N)Cc2cccc(C)c2)c1. The van der Waals surface area contributed by atoms with Crippen molar-refractivity contribution < 1.29 is 4.74 Å². The highest BCUT2D eigenvalue weighted by Gasteiger charge is 2.06. The minimum absolute atomic E-state index is 0.133. The van der Waals surface area contributed by atoms with E-state index < -0.39 is 0 Å². The van der Waals surface area contributed by atoms with Gasteiger partial charge < -0.3 is 10.5 Å². The molecule has 2 N–H and O–H groups in total. The summed E-state index contributed by atoms with van der Waals surface area (Å²) >= 11 is 0. The lowest BCUT2D eigenvalue weighted by Gasteiger charge is -2.13. The van der Waals surface area contributed by atoms with E-state index in [1.165, 1.54) is 16.7 Å². The van der Waals surface area contributed by atoms with Gasteiger partial charge in [0.2, 0.25) is 0 Å². The Morgan fingerprint density at radius 1 is 1.00 bits per heavy atom. The molecule has 0 spiro atoms. The molecule has 0 amide bonds. The van der Waals surface area contributed by atoms with E-state index in [1.54, 1.807) is 7.11 Å². The summed E-state index contributed by atoms with van der Waals surface area (Å²) in [5, 5.41) is 0. The van der Waals surface area contributed by atoms with Gasteiger partial charge in [-0.05, 0) is 43.0 Å². The second-order valence-corrected chi connectivity index (χ2v) is 5.01. The summed E-state index contributed by atoms with van der Waals surface area (Å²) in [6, 6.07) is 16.8. The van der Waals surface area contributed by atoms with E-state index in [9.17, 15) is 0 Å². The molecule has 0 aliphatic rings. The van der Waals surface area contributed by atoms with Crippen LogP contribution in [0.25, 0.3) is 0 Å². The van der Waals surface area contributed by atoms with Crippen LogP contribution in [0.5, 0.6) is 5.75 Å². The fourth-order valence-corrected chi connectivity index (χ4v) is 2.32. The summed E-state index contributed by atoms with van der Waals surface area (Å²) < 4.78 is 5.23. The van der Waals surface area contributed by atoms with Crippen molar-refractivity contribution >= 4 is 0 Å². The molecule has 0 saturated carbocycles. The van der Waals surface area contributed by atoms with Crippen LogP contribution in [-0.4, -0.2) is 13.2 Å². The van der Waals surface area contributed by atoms with E-state index in [0.29, 0.717) is 0 Å². The highest BCUT2D eigenvalue weighted by atomic mass is 16.5. The molecule has 0 radical (unpaired) electrons. The van der Waals surface area contributed by atoms with E-state index in [-0.39, 0.29) is 6.04 Å². The largest absolute Gasteiger partial charge is 0.497 e. The van der Waals surface area contributed by atoms with Crippen molar-refractivity contribution in [1.82, 2.24) is 0 Å². The predicted octanol–water partition coefficient (Wildman–Crippen LogP) is 3.12. The summed E-state index contributed by atoms with van der Waals surface area (Å²) in [4.78, 5) is 0. The van der Waals surface area contributed by atoms with Crippen molar-refractivity contribution in [2.24, 2.45) is 5.73 Å². The molecule has 2 aromatic carbocycles. The number of nitrogens with two attached hydrogens (primary N) is 1. The highest BCUT2D eigenvalue weighted by molar-refractivity contribution is 5.29. The third kappa shape index (κ3) is 4.11. The molecule has 100 valence electrons. The zero-order valence-corrected chi connectivity index (χ0v) is 11.6. The molecule has 0 saturated heterocycles. The van der Waals surface area contributed by atoms with Crippen molar-refractivity contribution in [3.8, 4) is 5.75 Å². The molecular formula is C17H21NO. The van der Waals surface area contributed by atoms with Gasteiger partial charge >= 0.3 is 0 Å². The minimum Gasteiger partial charge on any atom is -0.497 e. The first-order chi connectivity index (χ1) is 9.17. The Kier molecular flexibility index (Phi) is 4.58. The number of hydrogen-bond acceptors (Lipinski definition) is 2. The molecular weight excluding hydrogens is 234 g/mol. The predicted molar refractivity (Wildman–Crippen MR) is 79.6 cm³/mol. The normalized spacial score (nSPS) is 12.2. The lowest BCUT2D eigenvalue weighted by Crippen LogP contribution is -2.25. The minimum atomic E-state index is 0.133. The van der Waals surface area contributed by atoms with Crippen molar-refractivity contribution in [3.05, 3.63) is 65.2 Å². The van der Waals surface area contributed by atoms with Crippen LogP contribution >= 0.6 is 0 Å². The summed E-state index contributed by atoms with van der Waals surface area (Å²) in [6.45, 7) is 2.11. The number of ether oxygens (including phenoxy) is 1. The number of benzene rings is 2. The topological polar surface area (TPSA) is 35.2 Å². The van der Waals surface area contributed by atoms with E-state index in [4.69, 9.17) is 10.5 Å². The molecule has 0 heterocycles. The van der Waals surface area contributed by atoms with Gasteiger partial charge in [-0.2, -0.15) is 0 Å². The first-order valence-corrected chi connectivity index (χ1v) is 6.61. The Bertz CT molecular complexity index is 536. The van der Waals surface area contributed by atoms with Gasteiger partial charge in [0.05, 0.1) is 7.11 Å². The maximum absolute atomic E-state index is 6.24. The van der Waals surface area contributed by atoms with Gasteiger partial charge in [-0.3, -0.25) is 0 Å². The first kappa shape index (κ1) is 13.6. The average Bonchev–Trinajstić information content (AvgIpc) is 2.38. The molecule has 0 aliphatic heterocycles. The smallest absolute Gasteiger partial charge is 0.119 e. The number of rotatable bonds is 5. The standard InChI is InChI=1S/C17H21NO/c1-13-5-3-6-14(9-13)10-16(18)11-15-7-4-8-17(12-15)19-2/h3-9,12,16H,10-11,18H2,1-2H3. The maximum atomic E-state index is 6.24. The molecule has 2 rings (SSSR count). The van der Waals surface area contributed by atoms with Gasteiger partial charge in [0.15, 0.2) is 0 Å². The van der Waals surface area contributed by atoms with Crippen LogP contribution < -0.4 is 10.5 Å². The second-order valence-electron chi connectivity index (χ2n) is 5.01. The zero-order chi connectivity index (χ0) is 13.7. The third-order valence-corrected chi connectivity index (χ3v) is 3.21. The second kappa shape index (κ2) is 6.39. The van der Waals surface area contributed by atoms with Gasteiger partial charge in [0.1, 0.15) is 5.75 Å². The lowest BCUT2D eigenvalue weighted by molar-refractivity contribution is 0.414. The molecule has 2 aromatic rings. The zero-order valence-electron chi connectivity index (χ0n) is 11.6. The quantitative estimate of drug-likeness (QED) is 0.891. The van der Waals surface area contributed by atoms with E-state index in [2.05, 4.69) is 43.3 Å². The van der Waals surface area contributed by atoms with Gasteiger partial charge in [-0.25, -0.2) is 0 Å². The molecule has 0 aromatic heterocycles. The third-order valence-electron chi connectivity index (χ3n) is 3.21. The Balaban J connectivity index is 1.98. The van der Waals surface area contributed by atoms with Crippen molar-refractivity contribution in [1.29, 1.82) is 0 Å². The fourth-order valence-electron chi connectivity index (χ4n) is 2.32. The Morgan fingerprint density at radius 3 is 2.26 bits per heavy atom. The number of hydrogen-bond donors (Lipinski definition) is 1. The Hall–Kier alpha value is -1.80. The number of aryl methyl sites for hydroxylation is 1. The molecule has 2 nitrogen and oxygen atoms in total. The van der Waals surface area contributed by atoms with Crippen molar-refractivity contribution in [3.63, 3.8) is 0 Å². The summed E-state index contributed by atoms with van der Waals surface area (Å²) in [5.41, 5.74) is 10.0. The molecule has 0 aliphatic carbocycles. The van der Waals surface area contributed by atoms with Crippen LogP contribution in [-0.2, 0) is 12.8 Å². The molecule has 0 fully saturated rings. The lowest BCUT2D eigenvalue weighted by atomic mass is 9.99. The van der Waals surface area contributed by atoms with Gasteiger partial charge in [0, 0.05) is 6.04 Å². The summed E-state index contributed by atoms with van der Waals surface area (Å²) in [7, 11) is 1.69. The molecule has 1 unspecified atom stereocenters. The van der Waals surface area contributed by atoms with Crippen molar-refractivity contribution in [2.45, 2.75) is 25.8 Å². The molecule has 0 bridgehead atoms. The number of methoxy groups -OCH3 is 1. The van der Waals surface area contributed by atoms with Gasteiger partial charge in [-0.1, -0.05) is 42.0 Å². The van der Waals surface area contributed by atoms with Crippen LogP contribution in [0, 0.1) is 6.92 Å². The van der Waals surface area contributed by atoms with Crippen LogP contribution in [0.1, 0.15) is 16.7 Å². The van der Waals surface area contributed by atoms with Crippen LogP contribution in [0.3, 0.4) is 0 Å². The maximum Gasteiger partial charge on any atom is 0.119 e. The van der Waals surface area contributed by atoms with E-state index >= 15 is 0 Å². The summed E-state index contributed by atoms with van der Waals surface area (Å²) in [6.07, 6.45) is 1.77. The van der Waals surface area contributed by atoms with Crippen LogP contribution in [0.15, 0.2) is 48.5 Å². The van der Waals surface area contributed by atoms with Gasteiger partial charge in [-0.15, -0.1) is 0 Å². The Morgan fingerprint density at radius 2 is 1.63 bits per heavy atom. The first-order valence-electron chi connectivity index (χ1n) is 6.61. The molecule has 19 heavy (non-hydrogen) atoms. The monoisotopic (exact) mass is 255 g/mol. The van der Waals surface area contributed by atoms with E-state index in [1.807, 2.05) is 12.1 Å². The van der Waals surface area contributed by atoms with Crippen LogP contribution in [0.4, 0.5) is 0 Å². The van der Waals surface area contributed by atoms with E-state index in [0.717, 1.165) is 18.6 Å². The molecule has 1 atom stereocenters. The summed E-state index contributed by atoms with van der Waals surface area (Å²) in [5.74, 6) is 0.889. The molecule has 2 heteroatoms. The fraction of sp³-hybridized carbons (Fsp3) is 0.294. The Labute approximate surface area is 115 Å². The van der Waals surface area contributed by atoms with Gasteiger partial charge in [0.25, 0.3) is 0 Å². The average molecular weight is 255 g/mol. The highest BCUT2D eigenvalue weighted by Crippen LogP contribution is 2.15. The van der Waals surface area contributed by atoms with Crippen molar-refractivity contribution in [2.75, 3.05) is 7.11 Å². The van der Waals surface area contributed by atoms with Crippen LogP contribution in [0.2, 0.25) is 0 Å².